The zero-order chi connectivity index (χ0) is 23.8. The summed E-state index contributed by atoms with van der Waals surface area (Å²) in [6.45, 7) is 1.94. The molecular weight excluding hydrogens is 432 g/mol. The number of anilines is 1. The molecule has 4 rings (SSSR count). The fourth-order valence-corrected chi connectivity index (χ4v) is 3.97. The lowest BCUT2D eigenvalue weighted by Crippen LogP contribution is -2.43. The van der Waals surface area contributed by atoms with Crippen molar-refractivity contribution in [1.82, 2.24) is 4.90 Å². The summed E-state index contributed by atoms with van der Waals surface area (Å²) in [7, 11) is 3.27. The van der Waals surface area contributed by atoms with Crippen molar-refractivity contribution in [3.8, 4) is 17.2 Å². The third-order valence-electron chi connectivity index (χ3n) is 5.63. The maximum atomic E-state index is 13.3. The van der Waals surface area contributed by atoms with E-state index in [9.17, 15) is 4.79 Å². The van der Waals surface area contributed by atoms with Crippen LogP contribution in [0.25, 0.3) is 0 Å². The molecule has 0 fully saturated rings. The van der Waals surface area contributed by atoms with Gasteiger partial charge in [0, 0.05) is 25.9 Å². The van der Waals surface area contributed by atoms with E-state index in [0.717, 1.165) is 23.4 Å². The number of nitrogens with zero attached hydrogens (tertiary/aromatic N) is 1. The van der Waals surface area contributed by atoms with Crippen molar-refractivity contribution in [2.24, 2.45) is 0 Å². The summed E-state index contributed by atoms with van der Waals surface area (Å²) in [6.07, 6.45) is 0.408. The molecule has 0 saturated heterocycles. The Hall–Kier alpha value is -3.71. The maximum absolute atomic E-state index is 13.3. The highest BCUT2D eigenvalue weighted by atomic mass is 16.5. The van der Waals surface area contributed by atoms with Crippen LogP contribution < -0.4 is 19.5 Å². The third kappa shape index (κ3) is 5.43. The van der Waals surface area contributed by atoms with Gasteiger partial charge in [0.1, 0.15) is 25.1 Å². The first-order chi connectivity index (χ1) is 16.7. The number of methoxy groups -OCH3 is 2. The lowest BCUT2D eigenvalue weighted by atomic mass is 10.0. The van der Waals surface area contributed by atoms with Crippen molar-refractivity contribution in [2.45, 2.75) is 12.6 Å². The Bertz CT molecular complexity index is 1090. The molecule has 0 radical (unpaired) electrons. The molecule has 1 aliphatic rings. The summed E-state index contributed by atoms with van der Waals surface area (Å²) in [4.78, 5) is 15.1. The average Bonchev–Trinajstić information content (AvgIpc) is 2.88. The molecule has 34 heavy (non-hydrogen) atoms. The first kappa shape index (κ1) is 23.4. The molecule has 0 aromatic heterocycles. The minimum Gasteiger partial charge on any atom is -0.493 e. The van der Waals surface area contributed by atoms with Gasteiger partial charge in [-0.3, -0.25) is 4.79 Å². The normalized spacial score (nSPS) is 14.8. The minimum atomic E-state index is -0.330. The molecule has 1 aliphatic heterocycles. The highest BCUT2D eigenvalue weighted by Gasteiger charge is 2.32. The summed E-state index contributed by atoms with van der Waals surface area (Å²) in [5.74, 6) is 2.02. The number of nitrogens with one attached hydrogen (secondary N) is 1. The molecule has 7 nitrogen and oxygen atoms in total. The Kier molecular flexibility index (Phi) is 7.88. The van der Waals surface area contributed by atoms with Crippen molar-refractivity contribution in [1.29, 1.82) is 0 Å². The lowest BCUT2D eigenvalue weighted by Gasteiger charge is -2.38. The summed E-state index contributed by atoms with van der Waals surface area (Å²) < 4.78 is 22.4. The smallest absolute Gasteiger partial charge is 0.257 e. The van der Waals surface area contributed by atoms with Gasteiger partial charge in [0.2, 0.25) is 0 Å². The van der Waals surface area contributed by atoms with E-state index < -0.39 is 0 Å². The number of rotatable bonds is 11. The van der Waals surface area contributed by atoms with Crippen LogP contribution in [0.2, 0.25) is 0 Å². The summed E-state index contributed by atoms with van der Waals surface area (Å²) in [5.41, 5.74) is 2.39. The number of amides is 1. The van der Waals surface area contributed by atoms with Gasteiger partial charge < -0.3 is 29.2 Å². The fraction of sp³-hybridized carbons (Fsp3) is 0.296. The molecule has 0 bridgehead atoms. The van der Waals surface area contributed by atoms with E-state index in [2.05, 4.69) is 5.32 Å². The van der Waals surface area contributed by atoms with E-state index in [1.165, 1.54) is 0 Å². The lowest BCUT2D eigenvalue weighted by molar-refractivity contribution is 0.0660. The number of fused-ring (bicyclic) bond motifs is 1. The zero-order valence-electron chi connectivity index (χ0n) is 19.5. The first-order valence-corrected chi connectivity index (χ1v) is 11.4. The van der Waals surface area contributed by atoms with Gasteiger partial charge in [0.15, 0.2) is 11.5 Å². The van der Waals surface area contributed by atoms with Crippen molar-refractivity contribution >= 4 is 11.6 Å². The number of para-hydroxylation sites is 2. The van der Waals surface area contributed by atoms with E-state index in [-0.39, 0.29) is 12.1 Å². The molecule has 1 heterocycles. The van der Waals surface area contributed by atoms with E-state index >= 15 is 0 Å². The number of hydrogen-bond acceptors (Lipinski definition) is 6. The monoisotopic (exact) mass is 462 g/mol. The highest BCUT2D eigenvalue weighted by molar-refractivity contribution is 6.01. The van der Waals surface area contributed by atoms with Crippen LogP contribution >= 0.6 is 0 Å². The molecule has 3 aromatic rings. The number of carbonyl (C=O) groups excluding carboxylic acids is 1. The van der Waals surface area contributed by atoms with Crippen molar-refractivity contribution < 1.29 is 23.7 Å². The Morgan fingerprint density at radius 1 is 0.853 bits per heavy atom. The van der Waals surface area contributed by atoms with Crippen LogP contribution in [0, 0.1) is 0 Å². The molecule has 1 atom stereocenters. The van der Waals surface area contributed by atoms with Gasteiger partial charge in [-0.25, -0.2) is 0 Å². The standard InChI is InChI=1S/C27H30N2O5/c1-31-16-8-15-29-26(28-23-12-7-6-11-22(23)27(29)30)20-13-14-24(25(19-20)32-2)34-18-17-33-21-9-4-3-5-10-21/h3-7,9-14,19,26,28H,8,15-18H2,1-2H3. The predicted octanol–water partition coefficient (Wildman–Crippen LogP) is 4.76. The quantitative estimate of drug-likeness (QED) is 0.415. The topological polar surface area (TPSA) is 69.3 Å². The van der Waals surface area contributed by atoms with Gasteiger partial charge in [-0.15, -0.1) is 0 Å². The molecule has 1 unspecified atom stereocenters. The van der Waals surface area contributed by atoms with Crippen LogP contribution in [-0.4, -0.2) is 51.4 Å². The van der Waals surface area contributed by atoms with Crippen molar-refractivity contribution in [2.75, 3.05) is 45.9 Å². The number of hydrogen-bond donors (Lipinski definition) is 1. The number of ether oxygens (including phenoxy) is 4. The molecule has 0 spiro atoms. The van der Waals surface area contributed by atoms with E-state index in [1.807, 2.05) is 77.7 Å². The minimum absolute atomic E-state index is 0.00666. The number of carbonyl (C=O) groups is 1. The van der Waals surface area contributed by atoms with Gasteiger partial charge in [0.05, 0.1) is 12.7 Å². The van der Waals surface area contributed by atoms with Crippen molar-refractivity contribution in [3.05, 3.63) is 83.9 Å². The summed E-state index contributed by atoms with van der Waals surface area (Å²) in [5, 5.41) is 3.51. The molecular formula is C27H30N2O5. The van der Waals surface area contributed by atoms with E-state index in [1.54, 1.807) is 14.2 Å². The van der Waals surface area contributed by atoms with Crippen LogP contribution in [0.3, 0.4) is 0 Å². The fourth-order valence-electron chi connectivity index (χ4n) is 3.97. The van der Waals surface area contributed by atoms with Crippen LogP contribution in [0.1, 0.15) is 28.5 Å². The van der Waals surface area contributed by atoms with Crippen LogP contribution in [0.15, 0.2) is 72.8 Å². The molecule has 7 heteroatoms. The third-order valence-corrected chi connectivity index (χ3v) is 5.63. The molecule has 0 aliphatic carbocycles. The first-order valence-electron chi connectivity index (χ1n) is 11.4. The second-order valence-corrected chi connectivity index (χ2v) is 7.86. The largest absolute Gasteiger partial charge is 0.493 e. The second-order valence-electron chi connectivity index (χ2n) is 7.86. The van der Waals surface area contributed by atoms with Crippen LogP contribution in [0.4, 0.5) is 5.69 Å². The Balaban J connectivity index is 1.49. The molecule has 0 saturated carbocycles. The Morgan fingerprint density at radius 2 is 1.62 bits per heavy atom. The van der Waals surface area contributed by atoms with Crippen molar-refractivity contribution in [3.63, 3.8) is 0 Å². The summed E-state index contributed by atoms with van der Waals surface area (Å²) in [6, 6.07) is 22.9. The molecule has 1 N–H and O–H groups in total. The van der Waals surface area contributed by atoms with Gasteiger partial charge in [-0.05, 0) is 48.4 Å². The predicted molar refractivity (Wildman–Crippen MR) is 131 cm³/mol. The van der Waals surface area contributed by atoms with Gasteiger partial charge in [-0.2, -0.15) is 0 Å². The van der Waals surface area contributed by atoms with Gasteiger partial charge in [0.25, 0.3) is 5.91 Å². The van der Waals surface area contributed by atoms with Crippen LogP contribution in [0.5, 0.6) is 17.2 Å². The Labute approximate surface area is 200 Å². The maximum Gasteiger partial charge on any atom is 0.257 e. The second kappa shape index (κ2) is 11.4. The molecule has 3 aromatic carbocycles. The highest BCUT2D eigenvalue weighted by Crippen LogP contribution is 2.37. The van der Waals surface area contributed by atoms with Gasteiger partial charge >= 0.3 is 0 Å². The summed E-state index contributed by atoms with van der Waals surface area (Å²) >= 11 is 0. The van der Waals surface area contributed by atoms with E-state index in [0.29, 0.717) is 43.4 Å². The van der Waals surface area contributed by atoms with Gasteiger partial charge in [-0.1, -0.05) is 36.4 Å². The van der Waals surface area contributed by atoms with Crippen LogP contribution in [-0.2, 0) is 4.74 Å². The Morgan fingerprint density at radius 3 is 2.41 bits per heavy atom. The number of benzene rings is 3. The molecule has 178 valence electrons. The average molecular weight is 463 g/mol. The SMILES string of the molecule is COCCCN1C(=O)c2ccccc2NC1c1ccc(OCCOc2ccccc2)c(OC)c1. The molecule has 1 amide bonds. The zero-order valence-corrected chi connectivity index (χ0v) is 19.5. The van der Waals surface area contributed by atoms with E-state index in [4.69, 9.17) is 18.9 Å².